The SMILES string of the molecule is CC(=O)OC(C)n1cnc2cc([N+](=O)[O-])ccc21. The molecule has 0 aliphatic carbocycles. The van der Waals surface area contributed by atoms with Gasteiger partial charge in [0.25, 0.3) is 5.69 Å². The monoisotopic (exact) mass is 249 g/mol. The second-order valence-corrected chi connectivity index (χ2v) is 3.79. The highest BCUT2D eigenvalue weighted by molar-refractivity contribution is 5.78. The average Bonchev–Trinajstić information content (AvgIpc) is 2.70. The lowest BCUT2D eigenvalue weighted by atomic mass is 10.3. The summed E-state index contributed by atoms with van der Waals surface area (Å²) in [5.41, 5.74) is 1.14. The number of nitro benzene ring substituents is 1. The molecule has 1 aromatic carbocycles. The van der Waals surface area contributed by atoms with Crippen LogP contribution in [-0.2, 0) is 9.53 Å². The van der Waals surface area contributed by atoms with Gasteiger partial charge >= 0.3 is 5.97 Å². The highest BCUT2D eigenvalue weighted by Crippen LogP contribution is 2.22. The summed E-state index contributed by atoms with van der Waals surface area (Å²) in [6, 6.07) is 4.35. The zero-order chi connectivity index (χ0) is 13.3. The molecule has 0 saturated heterocycles. The molecule has 0 aliphatic rings. The molecule has 0 fully saturated rings. The predicted molar refractivity (Wildman–Crippen MR) is 62.9 cm³/mol. The maximum Gasteiger partial charge on any atom is 0.304 e. The summed E-state index contributed by atoms with van der Waals surface area (Å²) in [6.07, 6.45) is 0.982. The number of esters is 1. The van der Waals surface area contributed by atoms with Crippen molar-refractivity contribution >= 4 is 22.7 Å². The van der Waals surface area contributed by atoms with E-state index in [1.807, 2.05) is 0 Å². The van der Waals surface area contributed by atoms with E-state index in [2.05, 4.69) is 4.98 Å². The van der Waals surface area contributed by atoms with Crippen LogP contribution in [0.1, 0.15) is 20.1 Å². The molecule has 0 spiro atoms. The molecular formula is C11H11N3O4. The smallest absolute Gasteiger partial charge is 0.304 e. The summed E-state index contributed by atoms with van der Waals surface area (Å²) < 4.78 is 6.67. The van der Waals surface area contributed by atoms with Crippen molar-refractivity contribution in [1.82, 2.24) is 9.55 Å². The van der Waals surface area contributed by atoms with Gasteiger partial charge in [-0.3, -0.25) is 19.5 Å². The number of fused-ring (bicyclic) bond motifs is 1. The van der Waals surface area contributed by atoms with E-state index < -0.39 is 17.1 Å². The first-order valence-corrected chi connectivity index (χ1v) is 5.27. The van der Waals surface area contributed by atoms with E-state index in [0.717, 1.165) is 0 Å². The Labute approximate surface area is 102 Å². The van der Waals surface area contributed by atoms with Crippen molar-refractivity contribution < 1.29 is 14.5 Å². The molecule has 7 nitrogen and oxygen atoms in total. The standard InChI is InChI=1S/C11H11N3O4/c1-7(18-8(2)15)13-6-12-10-5-9(14(16)17)3-4-11(10)13/h3-7H,1-2H3. The number of benzene rings is 1. The number of nitro groups is 1. The minimum absolute atomic E-state index is 0.0205. The fraction of sp³-hybridized carbons (Fsp3) is 0.273. The van der Waals surface area contributed by atoms with E-state index in [-0.39, 0.29) is 5.69 Å². The molecular weight excluding hydrogens is 238 g/mol. The second kappa shape index (κ2) is 4.44. The topological polar surface area (TPSA) is 87.3 Å². The zero-order valence-corrected chi connectivity index (χ0v) is 9.86. The van der Waals surface area contributed by atoms with E-state index in [1.54, 1.807) is 17.6 Å². The molecule has 0 amide bonds. The van der Waals surface area contributed by atoms with Crippen LogP contribution in [0.3, 0.4) is 0 Å². The van der Waals surface area contributed by atoms with Crippen LogP contribution in [0, 0.1) is 10.1 Å². The van der Waals surface area contributed by atoms with Gasteiger partial charge in [-0.25, -0.2) is 4.98 Å². The number of nitrogens with zero attached hydrogens (tertiary/aromatic N) is 3. The summed E-state index contributed by atoms with van der Waals surface area (Å²) >= 11 is 0. The van der Waals surface area contributed by atoms with Crippen LogP contribution in [0.5, 0.6) is 0 Å². The Balaban J connectivity index is 2.42. The van der Waals surface area contributed by atoms with Crippen LogP contribution in [0.4, 0.5) is 5.69 Å². The quantitative estimate of drug-likeness (QED) is 0.471. The second-order valence-electron chi connectivity index (χ2n) is 3.79. The lowest BCUT2D eigenvalue weighted by Crippen LogP contribution is -2.11. The molecule has 0 saturated carbocycles. The van der Waals surface area contributed by atoms with Crippen LogP contribution in [-0.4, -0.2) is 20.4 Å². The number of carbonyl (C=O) groups excluding carboxylic acids is 1. The molecule has 1 unspecified atom stereocenters. The van der Waals surface area contributed by atoms with Crippen molar-refractivity contribution in [3.8, 4) is 0 Å². The summed E-state index contributed by atoms with van der Waals surface area (Å²) in [7, 11) is 0. The number of hydrogen-bond donors (Lipinski definition) is 0. The molecule has 0 N–H and O–H groups in total. The first-order valence-electron chi connectivity index (χ1n) is 5.27. The molecule has 1 aromatic heterocycles. The third kappa shape index (κ3) is 2.15. The zero-order valence-electron chi connectivity index (χ0n) is 9.86. The Hall–Kier alpha value is -2.44. The summed E-state index contributed by atoms with van der Waals surface area (Å²) in [5.74, 6) is -0.397. The summed E-state index contributed by atoms with van der Waals surface area (Å²) in [5, 5.41) is 10.6. The number of non-ortho nitro benzene ring substituents is 1. The van der Waals surface area contributed by atoms with Crippen molar-refractivity contribution in [2.75, 3.05) is 0 Å². The Morgan fingerprint density at radius 2 is 2.28 bits per heavy atom. The summed E-state index contributed by atoms with van der Waals surface area (Å²) in [4.78, 5) is 25.1. The van der Waals surface area contributed by atoms with Gasteiger partial charge < -0.3 is 4.74 Å². The van der Waals surface area contributed by atoms with Crippen molar-refractivity contribution in [3.05, 3.63) is 34.6 Å². The minimum atomic E-state index is -0.506. The van der Waals surface area contributed by atoms with Gasteiger partial charge in [-0.05, 0) is 13.0 Å². The molecule has 7 heteroatoms. The van der Waals surface area contributed by atoms with Gasteiger partial charge in [0.15, 0.2) is 6.23 Å². The molecule has 0 aliphatic heterocycles. The third-order valence-corrected chi connectivity index (χ3v) is 2.50. The Morgan fingerprint density at radius 1 is 1.56 bits per heavy atom. The van der Waals surface area contributed by atoms with Crippen molar-refractivity contribution in [2.24, 2.45) is 0 Å². The van der Waals surface area contributed by atoms with Gasteiger partial charge in [-0.1, -0.05) is 0 Å². The van der Waals surface area contributed by atoms with Gasteiger partial charge in [-0.2, -0.15) is 0 Å². The normalized spacial score (nSPS) is 12.3. The van der Waals surface area contributed by atoms with Crippen LogP contribution < -0.4 is 0 Å². The molecule has 1 atom stereocenters. The Kier molecular flexibility index (Phi) is 2.97. The first kappa shape index (κ1) is 12.0. The first-order chi connectivity index (χ1) is 8.49. The fourth-order valence-electron chi connectivity index (χ4n) is 1.72. The molecule has 0 radical (unpaired) electrons. The fourth-order valence-corrected chi connectivity index (χ4v) is 1.72. The number of imidazole rings is 1. The van der Waals surface area contributed by atoms with Gasteiger partial charge in [0, 0.05) is 19.1 Å². The maximum atomic E-state index is 10.9. The molecule has 1 heterocycles. The minimum Gasteiger partial charge on any atom is -0.442 e. The third-order valence-electron chi connectivity index (χ3n) is 2.50. The van der Waals surface area contributed by atoms with Crippen molar-refractivity contribution in [1.29, 1.82) is 0 Å². The van der Waals surface area contributed by atoms with Gasteiger partial charge in [0.05, 0.1) is 22.3 Å². The number of aromatic nitrogens is 2. The van der Waals surface area contributed by atoms with E-state index in [9.17, 15) is 14.9 Å². The molecule has 2 rings (SSSR count). The average molecular weight is 249 g/mol. The maximum absolute atomic E-state index is 10.9. The predicted octanol–water partition coefficient (Wildman–Crippen LogP) is 2.03. The van der Waals surface area contributed by atoms with Gasteiger partial charge in [0.1, 0.15) is 0 Å². The number of ether oxygens (including phenoxy) is 1. The molecule has 94 valence electrons. The van der Waals surface area contributed by atoms with Crippen molar-refractivity contribution in [2.45, 2.75) is 20.1 Å². The Morgan fingerprint density at radius 3 is 2.89 bits per heavy atom. The molecule has 18 heavy (non-hydrogen) atoms. The highest BCUT2D eigenvalue weighted by Gasteiger charge is 2.14. The largest absolute Gasteiger partial charge is 0.442 e. The highest BCUT2D eigenvalue weighted by atomic mass is 16.6. The number of rotatable bonds is 3. The lowest BCUT2D eigenvalue weighted by Gasteiger charge is -2.13. The Bertz CT molecular complexity index is 620. The number of hydrogen-bond acceptors (Lipinski definition) is 5. The van der Waals surface area contributed by atoms with Crippen LogP contribution >= 0.6 is 0 Å². The van der Waals surface area contributed by atoms with Crippen LogP contribution in [0.15, 0.2) is 24.5 Å². The van der Waals surface area contributed by atoms with Crippen molar-refractivity contribution in [3.63, 3.8) is 0 Å². The van der Waals surface area contributed by atoms with Gasteiger partial charge in [0.2, 0.25) is 0 Å². The summed E-state index contributed by atoms with van der Waals surface area (Å²) in [6.45, 7) is 3.02. The van der Waals surface area contributed by atoms with E-state index >= 15 is 0 Å². The molecule has 2 aromatic rings. The van der Waals surface area contributed by atoms with Gasteiger partial charge in [-0.15, -0.1) is 0 Å². The van der Waals surface area contributed by atoms with E-state index in [1.165, 1.54) is 25.4 Å². The van der Waals surface area contributed by atoms with Crippen LogP contribution in [0.2, 0.25) is 0 Å². The number of carbonyl (C=O) groups is 1. The molecule has 0 bridgehead atoms. The van der Waals surface area contributed by atoms with Crippen LogP contribution in [0.25, 0.3) is 11.0 Å². The lowest BCUT2D eigenvalue weighted by molar-refractivity contribution is -0.384. The van der Waals surface area contributed by atoms with E-state index in [4.69, 9.17) is 4.74 Å². The van der Waals surface area contributed by atoms with E-state index in [0.29, 0.717) is 11.0 Å².